The molecule has 0 saturated carbocycles. The molecule has 2 aromatic rings. The summed E-state index contributed by atoms with van der Waals surface area (Å²) in [6, 6.07) is 10.8. The van der Waals surface area contributed by atoms with E-state index in [2.05, 4.69) is 0 Å². The van der Waals surface area contributed by atoms with Crippen LogP contribution in [0.5, 0.6) is 5.75 Å². The molecule has 0 spiro atoms. The van der Waals surface area contributed by atoms with Crippen molar-refractivity contribution in [2.75, 3.05) is 0 Å². The molecule has 1 N–H and O–H groups in total. The van der Waals surface area contributed by atoms with Gasteiger partial charge in [0.1, 0.15) is 12.0 Å². The summed E-state index contributed by atoms with van der Waals surface area (Å²) in [7, 11) is -0.950. The first-order valence-electron chi connectivity index (χ1n) is 4.28. The van der Waals surface area contributed by atoms with Crippen molar-refractivity contribution in [1.82, 2.24) is 0 Å². The first kappa shape index (κ1) is 8.90. The highest BCUT2D eigenvalue weighted by molar-refractivity contribution is 6.60. The molecule has 0 atom stereocenters. The van der Waals surface area contributed by atoms with Gasteiger partial charge in [-0.25, -0.2) is 0 Å². The molecular formula is C10H9BO3. The summed E-state index contributed by atoms with van der Waals surface area (Å²) in [6.45, 7) is 0. The minimum absolute atomic E-state index is 0.515. The van der Waals surface area contributed by atoms with E-state index >= 15 is 0 Å². The molecule has 0 amide bonds. The van der Waals surface area contributed by atoms with Crippen molar-refractivity contribution in [2.45, 2.75) is 0 Å². The van der Waals surface area contributed by atoms with Gasteiger partial charge in [0.15, 0.2) is 0 Å². The Balaban J connectivity index is 2.07. The SMILES string of the molecule is OB(Oc1ccoc1)c1ccccc1. The second kappa shape index (κ2) is 4.02. The maximum absolute atomic E-state index is 9.63. The Kier molecular flexibility index (Phi) is 2.56. The number of rotatable bonds is 3. The van der Waals surface area contributed by atoms with Gasteiger partial charge in [0.25, 0.3) is 0 Å². The molecule has 0 aliphatic rings. The summed E-state index contributed by atoms with van der Waals surface area (Å²) in [6.07, 6.45) is 2.93. The lowest BCUT2D eigenvalue weighted by atomic mass is 9.80. The van der Waals surface area contributed by atoms with Crippen LogP contribution < -0.4 is 10.1 Å². The summed E-state index contributed by atoms with van der Waals surface area (Å²) in [5.41, 5.74) is 0.716. The zero-order valence-corrected chi connectivity index (χ0v) is 7.46. The van der Waals surface area contributed by atoms with Crippen molar-refractivity contribution in [1.29, 1.82) is 0 Å². The zero-order valence-electron chi connectivity index (χ0n) is 7.46. The predicted octanol–water partition coefficient (Wildman–Crippen LogP) is 1.05. The molecule has 70 valence electrons. The molecule has 1 heterocycles. The van der Waals surface area contributed by atoms with Gasteiger partial charge in [-0.05, 0) is 5.46 Å². The van der Waals surface area contributed by atoms with E-state index in [4.69, 9.17) is 9.07 Å². The Labute approximate surface area is 82.1 Å². The molecule has 0 aliphatic heterocycles. The van der Waals surface area contributed by atoms with E-state index < -0.39 is 7.12 Å². The summed E-state index contributed by atoms with van der Waals surface area (Å²) in [4.78, 5) is 0. The van der Waals surface area contributed by atoms with Crippen molar-refractivity contribution in [3.8, 4) is 5.75 Å². The fraction of sp³-hybridized carbons (Fsp3) is 0. The van der Waals surface area contributed by atoms with Crippen LogP contribution in [0.15, 0.2) is 53.3 Å². The standard InChI is InChI=1S/C10H9BO3/c12-11(9-4-2-1-3-5-9)14-10-6-7-13-8-10/h1-8,12H. The lowest BCUT2D eigenvalue weighted by Crippen LogP contribution is -2.36. The van der Waals surface area contributed by atoms with Crippen LogP contribution in [0.25, 0.3) is 0 Å². The molecule has 1 aromatic carbocycles. The van der Waals surface area contributed by atoms with Gasteiger partial charge in [-0.2, -0.15) is 0 Å². The maximum Gasteiger partial charge on any atom is 0.560 e. The molecule has 0 radical (unpaired) electrons. The highest BCUT2D eigenvalue weighted by atomic mass is 16.5. The molecule has 0 bridgehead atoms. The van der Waals surface area contributed by atoms with Crippen molar-refractivity contribution in [3.63, 3.8) is 0 Å². The second-order valence-corrected chi connectivity index (χ2v) is 2.84. The van der Waals surface area contributed by atoms with Gasteiger partial charge in [0.2, 0.25) is 0 Å². The minimum atomic E-state index is -0.950. The monoisotopic (exact) mass is 188 g/mol. The molecule has 14 heavy (non-hydrogen) atoms. The number of benzene rings is 1. The van der Waals surface area contributed by atoms with Crippen LogP contribution in [0.2, 0.25) is 0 Å². The largest absolute Gasteiger partial charge is 0.560 e. The molecule has 1 aromatic heterocycles. The van der Waals surface area contributed by atoms with E-state index in [1.165, 1.54) is 12.5 Å². The smallest absolute Gasteiger partial charge is 0.530 e. The van der Waals surface area contributed by atoms with E-state index in [0.29, 0.717) is 11.2 Å². The minimum Gasteiger partial charge on any atom is -0.530 e. The number of furan rings is 1. The first-order chi connectivity index (χ1) is 6.86. The lowest BCUT2D eigenvalue weighted by Gasteiger charge is -2.06. The topological polar surface area (TPSA) is 42.6 Å². The molecule has 2 rings (SSSR count). The van der Waals surface area contributed by atoms with Gasteiger partial charge < -0.3 is 14.1 Å². The maximum atomic E-state index is 9.63. The van der Waals surface area contributed by atoms with E-state index in [9.17, 15) is 5.02 Å². The highest BCUT2D eigenvalue weighted by Gasteiger charge is 2.18. The van der Waals surface area contributed by atoms with E-state index in [1.54, 1.807) is 18.2 Å². The third-order valence-electron chi connectivity index (χ3n) is 1.83. The molecule has 4 heteroatoms. The Morgan fingerprint density at radius 2 is 1.93 bits per heavy atom. The zero-order chi connectivity index (χ0) is 9.80. The predicted molar refractivity (Wildman–Crippen MR) is 53.4 cm³/mol. The quantitative estimate of drug-likeness (QED) is 0.731. The van der Waals surface area contributed by atoms with Crippen molar-refractivity contribution in [3.05, 3.63) is 48.9 Å². The molecule has 0 aliphatic carbocycles. The molecule has 0 saturated heterocycles. The Hall–Kier alpha value is -1.68. The van der Waals surface area contributed by atoms with E-state index in [-0.39, 0.29) is 0 Å². The molecule has 0 unspecified atom stereocenters. The summed E-state index contributed by atoms with van der Waals surface area (Å²) in [5.74, 6) is 0.515. The van der Waals surface area contributed by atoms with Crippen LogP contribution in [-0.4, -0.2) is 12.1 Å². The Morgan fingerprint density at radius 1 is 1.14 bits per heavy atom. The van der Waals surface area contributed by atoms with Crippen LogP contribution in [0.1, 0.15) is 0 Å². The summed E-state index contributed by atoms with van der Waals surface area (Å²) >= 11 is 0. The van der Waals surface area contributed by atoms with Crippen molar-refractivity contribution < 1.29 is 14.1 Å². The lowest BCUT2D eigenvalue weighted by molar-refractivity contribution is 0.426. The van der Waals surface area contributed by atoms with Gasteiger partial charge in [-0.3, -0.25) is 0 Å². The number of hydrogen-bond acceptors (Lipinski definition) is 3. The van der Waals surface area contributed by atoms with Crippen molar-refractivity contribution in [2.24, 2.45) is 0 Å². The van der Waals surface area contributed by atoms with Crippen LogP contribution in [0.3, 0.4) is 0 Å². The highest BCUT2D eigenvalue weighted by Crippen LogP contribution is 2.10. The van der Waals surface area contributed by atoms with Crippen LogP contribution in [-0.2, 0) is 0 Å². The van der Waals surface area contributed by atoms with Crippen LogP contribution in [0, 0.1) is 0 Å². The van der Waals surface area contributed by atoms with Crippen molar-refractivity contribution >= 4 is 12.6 Å². The number of hydrogen-bond donors (Lipinski definition) is 1. The average Bonchev–Trinajstić information content (AvgIpc) is 2.72. The van der Waals surface area contributed by atoms with E-state index in [1.807, 2.05) is 18.2 Å². The third-order valence-corrected chi connectivity index (χ3v) is 1.83. The third kappa shape index (κ3) is 1.97. The first-order valence-corrected chi connectivity index (χ1v) is 4.28. The fourth-order valence-electron chi connectivity index (χ4n) is 1.13. The Morgan fingerprint density at radius 3 is 2.57 bits per heavy atom. The average molecular weight is 188 g/mol. The molecule has 0 fully saturated rings. The molecular weight excluding hydrogens is 179 g/mol. The fourth-order valence-corrected chi connectivity index (χ4v) is 1.13. The summed E-state index contributed by atoms with van der Waals surface area (Å²) in [5, 5.41) is 9.63. The molecule has 3 nitrogen and oxygen atoms in total. The van der Waals surface area contributed by atoms with Gasteiger partial charge >= 0.3 is 7.12 Å². The van der Waals surface area contributed by atoms with Gasteiger partial charge in [-0.15, -0.1) is 0 Å². The van der Waals surface area contributed by atoms with E-state index in [0.717, 1.165) is 0 Å². The van der Waals surface area contributed by atoms with Crippen LogP contribution >= 0.6 is 0 Å². The second-order valence-electron chi connectivity index (χ2n) is 2.84. The van der Waals surface area contributed by atoms with Gasteiger partial charge in [0, 0.05) is 6.07 Å². The normalized spacial score (nSPS) is 9.79. The summed E-state index contributed by atoms with van der Waals surface area (Å²) < 4.78 is 10.0. The van der Waals surface area contributed by atoms with Gasteiger partial charge in [0.05, 0.1) is 6.26 Å². The van der Waals surface area contributed by atoms with Crippen LogP contribution in [0.4, 0.5) is 0 Å². The van der Waals surface area contributed by atoms with Gasteiger partial charge in [-0.1, -0.05) is 30.3 Å². The Bertz CT molecular complexity index is 372.